The van der Waals surface area contributed by atoms with Crippen molar-refractivity contribution in [2.45, 2.75) is 26.2 Å². The number of carbonyl (C=O) groups is 1. The molecular weight excluding hydrogens is 568 g/mol. The molecule has 0 radical (unpaired) electrons. The van der Waals surface area contributed by atoms with E-state index in [0.29, 0.717) is 139 Å². The van der Waals surface area contributed by atoms with Crippen molar-refractivity contribution in [2.24, 2.45) is 0 Å². The summed E-state index contributed by atoms with van der Waals surface area (Å²) in [6.45, 7) is 17.1. The zero-order valence-electron chi connectivity index (χ0n) is 26.5. The van der Waals surface area contributed by atoms with Crippen LogP contribution in [-0.4, -0.2) is 158 Å². The number of hydrogen-bond acceptors (Lipinski definition) is 13. The Bertz CT molecular complexity index is 554. The lowest BCUT2D eigenvalue weighted by atomic mass is 10.3. The summed E-state index contributed by atoms with van der Waals surface area (Å²) in [5.74, 6) is -0.458. The first kappa shape index (κ1) is 41.8. The molecule has 43 heavy (non-hydrogen) atoms. The molecule has 0 heterocycles. The van der Waals surface area contributed by atoms with Gasteiger partial charge in [-0.15, -0.1) is 0 Å². The maximum Gasteiger partial charge on any atom is 0.330 e. The highest BCUT2D eigenvalue weighted by atomic mass is 16.6. The molecule has 0 saturated heterocycles. The maximum atomic E-state index is 10.8. The molecule has 13 nitrogen and oxygen atoms in total. The predicted molar refractivity (Wildman–Crippen MR) is 160 cm³/mol. The quantitative estimate of drug-likeness (QED) is 0.0564. The highest BCUT2D eigenvalue weighted by Crippen LogP contribution is 1.94. The van der Waals surface area contributed by atoms with E-state index in [0.717, 1.165) is 19.1 Å². The number of carbonyl (C=O) groups excluding carboxylic acids is 1. The van der Waals surface area contributed by atoms with Gasteiger partial charge in [-0.25, -0.2) is 4.79 Å². The first-order chi connectivity index (χ1) is 21.3. The van der Waals surface area contributed by atoms with Gasteiger partial charge in [0.2, 0.25) is 0 Å². The van der Waals surface area contributed by atoms with Gasteiger partial charge in [0.05, 0.1) is 139 Å². The average Bonchev–Trinajstić information content (AvgIpc) is 3.02. The minimum Gasteiger partial charge on any atom is -0.460 e. The Morgan fingerprint density at radius 1 is 0.395 bits per heavy atom. The molecule has 0 bridgehead atoms. The van der Waals surface area contributed by atoms with Gasteiger partial charge in [0, 0.05) is 12.7 Å². The Morgan fingerprint density at radius 3 is 0.860 bits per heavy atom. The number of rotatable bonds is 38. The van der Waals surface area contributed by atoms with Crippen LogP contribution in [0.3, 0.4) is 0 Å². The summed E-state index contributed by atoms with van der Waals surface area (Å²) in [6, 6.07) is 0. The Balaban J connectivity index is 3.04. The van der Waals surface area contributed by atoms with Gasteiger partial charge < -0.3 is 56.8 Å². The molecule has 0 spiro atoms. The van der Waals surface area contributed by atoms with E-state index in [1.54, 1.807) is 0 Å². The summed E-state index contributed by atoms with van der Waals surface area (Å²) in [5.41, 5.74) is 0. The van der Waals surface area contributed by atoms with Crippen molar-refractivity contribution >= 4 is 5.97 Å². The van der Waals surface area contributed by atoms with Gasteiger partial charge in [-0.2, -0.15) is 0 Å². The second kappa shape index (κ2) is 38.8. The predicted octanol–water partition coefficient (Wildman–Crippen LogP) is 2.09. The lowest BCUT2D eigenvalue weighted by Gasteiger charge is -2.09. The summed E-state index contributed by atoms with van der Waals surface area (Å²) >= 11 is 0. The fourth-order valence-corrected chi connectivity index (χ4v) is 3.02. The van der Waals surface area contributed by atoms with E-state index < -0.39 is 5.97 Å². The number of unbranched alkanes of at least 4 members (excludes halogenated alkanes) is 2. The van der Waals surface area contributed by atoms with Gasteiger partial charge >= 0.3 is 5.97 Å². The lowest BCUT2D eigenvalue weighted by molar-refractivity contribution is -0.139. The van der Waals surface area contributed by atoms with E-state index in [-0.39, 0.29) is 6.61 Å². The van der Waals surface area contributed by atoms with Crippen molar-refractivity contribution in [2.75, 3.05) is 152 Å². The molecule has 0 saturated carbocycles. The molecule has 0 N–H and O–H groups in total. The second-order valence-corrected chi connectivity index (χ2v) is 8.81. The SMILES string of the molecule is C=CC(=O)OCCOCCOCCOCCOCCOCCOCCOCCOCCOCCOCCOCCCCC. The number of ether oxygens (including phenoxy) is 12. The van der Waals surface area contributed by atoms with E-state index in [4.69, 9.17) is 56.8 Å². The van der Waals surface area contributed by atoms with Crippen LogP contribution >= 0.6 is 0 Å². The minimum atomic E-state index is -0.458. The fraction of sp³-hybridized carbons (Fsp3) is 0.900. The molecule has 0 rings (SSSR count). The van der Waals surface area contributed by atoms with E-state index >= 15 is 0 Å². The first-order valence-electron chi connectivity index (χ1n) is 15.5. The van der Waals surface area contributed by atoms with Crippen LogP contribution in [-0.2, 0) is 61.6 Å². The van der Waals surface area contributed by atoms with Crippen LogP contribution in [0.15, 0.2) is 12.7 Å². The molecule has 0 aromatic heterocycles. The summed E-state index contributed by atoms with van der Waals surface area (Å²) in [7, 11) is 0. The average molecular weight is 627 g/mol. The molecule has 0 aromatic rings. The van der Waals surface area contributed by atoms with E-state index in [9.17, 15) is 4.79 Å². The zero-order chi connectivity index (χ0) is 31.2. The van der Waals surface area contributed by atoms with Crippen LogP contribution in [0.4, 0.5) is 0 Å². The molecule has 0 amide bonds. The topological polar surface area (TPSA) is 128 Å². The van der Waals surface area contributed by atoms with E-state index in [1.165, 1.54) is 12.8 Å². The molecule has 0 aliphatic rings. The van der Waals surface area contributed by atoms with E-state index in [1.807, 2.05) is 0 Å². The minimum absolute atomic E-state index is 0.200. The Hall–Kier alpha value is -1.23. The smallest absolute Gasteiger partial charge is 0.330 e. The molecule has 0 aliphatic heterocycles. The molecule has 0 unspecified atom stereocenters. The number of hydrogen-bond donors (Lipinski definition) is 0. The fourth-order valence-electron chi connectivity index (χ4n) is 3.02. The largest absolute Gasteiger partial charge is 0.460 e. The molecule has 0 atom stereocenters. The third kappa shape index (κ3) is 38.7. The van der Waals surface area contributed by atoms with Crippen molar-refractivity contribution in [3.05, 3.63) is 12.7 Å². The van der Waals surface area contributed by atoms with Crippen LogP contribution in [0.2, 0.25) is 0 Å². The first-order valence-corrected chi connectivity index (χ1v) is 15.5. The normalized spacial score (nSPS) is 11.3. The third-order valence-electron chi connectivity index (χ3n) is 5.25. The monoisotopic (exact) mass is 626 g/mol. The van der Waals surface area contributed by atoms with Crippen LogP contribution in [0.1, 0.15) is 26.2 Å². The standard InChI is InChI=1S/C30H58O13/c1-3-5-6-7-32-8-9-33-10-11-34-12-13-35-14-15-36-16-17-37-18-19-38-20-21-39-22-23-40-24-25-41-26-27-42-28-29-43-30(31)4-2/h4H,2-3,5-29H2,1H3. The van der Waals surface area contributed by atoms with Crippen LogP contribution < -0.4 is 0 Å². The molecule has 0 aromatic carbocycles. The summed E-state index contributed by atoms with van der Waals surface area (Å²) < 4.78 is 64.5. The van der Waals surface area contributed by atoms with Crippen LogP contribution in [0, 0.1) is 0 Å². The second-order valence-electron chi connectivity index (χ2n) is 8.81. The van der Waals surface area contributed by atoms with Gasteiger partial charge in [-0.05, 0) is 6.42 Å². The lowest BCUT2D eigenvalue weighted by Crippen LogP contribution is -2.15. The maximum absolute atomic E-state index is 10.8. The molecule has 13 heteroatoms. The third-order valence-corrected chi connectivity index (χ3v) is 5.25. The van der Waals surface area contributed by atoms with Gasteiger partial charge in [-0.1, -0.05) is 26.3 Å². The van der Waals surface area contributed by atoms with Gasteiger partial charge in [0.15, 0.2) is 0 Å². The zero-order valence-corrected chi connectivity index (χ0v) is 26.5. The van der Waals surface area contributed by atoms with Gasteiger partial charge in [-0.3, -0.25) is 0 Å². The molecular formula is C30H58O13. The molecule has 0 aliphatic carbocycles. The van der Waals surface area contributed by atoms with Crippen molar-refractivity contribution < 1.29 is 61.6 Å². The summed E-state index contributed by atoms with van der Waals surface area (Å²) in [4.78, 5) is 10.8. The van der Waals surface area contributed by atoms with Crippen molar-refractivity contribution in [1.29, 1.82) is 0 Å². The Kier molecular flexibility index (Phi) is 37.7. The van der Waals surface area contributed by atoms with Crippen molar-refractivity contribution in [3.8, 4) is 0 Å². The van der Waals surface area contributed by atoms with Gasteiger partial charge in [0.1, 0.15) is 6.61 Å². The van der Waals surface area contributed by atoms with Crippen LogP contribution in [0.25, 0.3) is 0 Å². The highest BCUT2D eigenvalue weighted by molar-refractivity contribution is 5.81. The van der Waals surface area contributed by atoms with Gasteiger partial charge in [0.25, 0.3) is 0 Å². The molecule has 256 valence electrons. The Labute approximate surface area is 258 Å². The van der Waals surface area contributed by atoms with Crippen molar-refractivity contribution in [1.82, 2.24) is 0 Å². The molecule has 0 fully saturated rings. The summed E-state index contributed by atoms with van der Waals surface area (Å²) in [5, 5.41) is 0. The summed E-state index contributed by atoms with van der Waals surface area (Å²) in [6.07, 6.45) is 4.65. The van der Waals surface area contributed by atoms with Crippen LogP contribution in [0.5, 0.6) is 0 Å². The van der Waals surface area contributed by atoms with Crippen molar-refractivity contribution in [3.63, 3.8) is 0 Å². The van der Waals surface area contributed by atoms with E-state index in [2.05, 4.69) is 13.5 Å². The highest BCUT2D eigenvalue weighted by Gasteiger charge is 1.97. The Morgan fingerprint density at radius 2 is 0.628 bits per heavy atom. The number of esters is 1.